The maximum atomic E-state index is 11.6. The van der Waals surface area contributed by atoms with Crippen molar-refractivity contribution in [2.24, 2.45) is 0 Å². The zero-order valence-corrected chi connectivity index (χ0v) is 8.90. The van der Waals surface area contributed by atoms with Crippen molar-refractivity contribution in [3.8, 4) is 5.75 Å². The summed E-state index contributed by atoms with van der Waals surface area (Å²) in [4.78, 5) is 29.2. The van der Waals surface area contributed by atoms with Crippen molar-refractivity contribution in [3.05, 3.63) is 34.4 Å². The molecule has 0 amide bonds. The fourth-order valence-corrected chi connectivity index (χ4v) is 1.49. The quantitative estimate of drug-likeness (QED) is 0.575. The molecule has 82 valence electrons. The van der Waals surface area contributed by atoms with E-state index in [0.29, 0.717) is 22.5 Å². The molecule has 16 heavy (non-hydrogen) atoms. The standard InChI is InChI=1S/C11H10N2O3/c1-6-12-10-8(11(15)13-6)4-3-5-9(10)16-7(2)14/h3-5H,1-2H3,(H,12,13,15). The SMILES string of the molecule is CC(=O)Oc1cccc2c(=O)[nH]c(C)nc12. The predicted octanol–water partition coefficient (Wildman–Crippen LogP) is 1.16. The second-order valence-corrected chi connectivity index (χ2v) is 3.40. The van der Waals surface area contributed by atoms with Crippen molar-refractivity contribution < 1.29 is 9.53 Å². The molecule has 1 aromatic carbocycles. The normalized spacial score (nSPS) is 10.4. The number of aryl methyl sites for hydroxylation is 1. The Kier molecular flexibility index (Phi) is 2.44. The number of ether oxygens (including phenoxy) is 1. The van der Waals surface area contributed by atoms with E-state index >= 15 is 0 Å². The average Bonchev–Trinajstić information content (AvgIpc) is 2.18. The van der Waals surface area contributed by atoms with Crippen LogP contribution in [0.3, 0.4) is 0 Å². The number of aromatic amines is 1. The molecule has 0 unspecified atom stereocenters. The van der Waals surface area contributed by atoms with Crippen LogP contribution in [0.5, 0.6) is 5.75 Å². The number of hydrogen-bond donors (Lipinski definition) is 1. The lowest BCUT2D eigenvalue weighted by molar-refractivity contribution is -0.131. The van der Waals surface area contributed by atoms with Gasteiger partial charge in [-0.05, 0) is 19.1 Å². The van der Waals surface area contributed by atoms with E-state index in [9.17, 15) is 9.59 Å². The second kappa shape index (κ2) is 3.77. The third-order valence-corrected chi connectivity index (χ3v) is 2.07. The van der Waals surface area contributed by atoms with Crippen LogP contribution in [0, 0.1) is 6.92 Å². The summed E-state index contributed by atoms with van der Waals surface area (Å²) >= 11 is 0. The Labute approximate surface area is 91.1 Å². The predicted molar refractivity (Wildman–Crippen MR) is 58.4 cm³/mol. The number of fused-ring (bicyclic) bond motifs is 1. The van der Waals surface area contributed by atoms with Crippen molar-refractivity contribution in [3.63, 3.8) is 0 Å². The molecule has 1 aromatic heterocycles. The van der Waals surface area contributed by atoms with Crippen molar-refractivity contribution in [2.75, 3.05) is 0 Å². The number of benzene rings is 1. The van der Waals surface area contributed by atoms with Crippen LogP contribution in [-0.2, 0) is 4.79 Å². The van der Waals surface area contributed by atoms with E-state index in [0.717, 1.165) is 0 Å². The highest BCUT2D eigenvalue weighted by Gasteiger charge is 2.08. The first-order chi connectivity index (χ1) is 7.58. The summed E-state index contributed by atoms with van der Waals surface area (Å²) in [6, 6.07) is 4.88. The van der Waals surface area contributed by atoms with Gasteiger partial charge in [-0.25, -0.2) is 4.98 Å². The number of esters is 1. The van der Waals surface area contributed by atoms with Crippen LogP contribution in [-0.4, -0.2) is 15.9 Å². The van der Waals surface area contributed by atoms with Crippen LogP contribution < -0.4 is 10.3 Å². The number of nitrogens with one attached hydrogen (secondary N) is 1. The molecule has 0 radical (unpaired) electrons. The first-order valence-electron chi connectivity index (χ1n) is 4.76. The molecule has 0 spiro atoms. The average molecular weight is 218 g/mol. The Morgan fingerprint density at radius 2 is 2.19 bits per heavy atom. The van der Waals surface area contributed by atoms with Crippen molar-refractivity contribution in [1.82, 2.24) is 9.97 Å². The van der Waals surface area contributed by atoms with Crippen LogP contribution in [0.2, 0.25) is 0 Å². The third kappa shape index (κ3) is 1.79. The molecule has 5 nitrogen and oxygen atoms in total. The van der Waals surface area contributed by atoms with Gasteiger partial charge in [-0.3, -0.25) is 9.59 Å². The lowest BCUT2D eigenvalue weighted by Crippen LogP contribution is -2.11. The highest BCUT2D eigenvalue weighted by Crippen LogP contribution is 2.21. The van der Waals surface area contributed by atoms with Gasteiger partial charge >= 0.3 is 5.97 Å². The molecule has 5 heteroatoms. The topological polar surface area (TPSA) is 72.1 Å². The highest BCUT2D eigenvalue weighted by atomic mass is 16.5. The van der Waals surface area contributed by atoms with Gasteiger partial charge in [0.15, 0.2) is 5.75 Å². The van der Waals surface area contributed by atoms with Gasteiger partial charge < -0.3 is 9.72 Å². The third-order valence-electron chi connectivity index (χ3n) is 2.07. The van der Waals surface area contributed by atoms with Crippen LogP contribution >= 0.6 is 0 Å². The number of rotatable bonds is 1. The Morgan fingerprint density at radius 3 is 2.88 bits per heavy atom. The lowest BCUT2D eigenvalue weighted by Gasteiger charge is -2.04. The van der Waals surface area contributed by atoms with Crippen LogP contribution in [0.15, 0.2) is 23.0 Å². The zero-order valence-electron chi connectivity index (χ0n) is 8.90. The van der Waals surface area contributed by atoms with E-state index in [2.05, 4.69) is 9.97 Å². The monoisotopic (exact) mass is 218 g/mol. The Balaban J connectivity index is 2.76. The van der Waals surface area contributed by atoms with E-state index in [4.69, 9.17) is 4.74 Å². The minimum Gasteiger partial charge on any atom is -0.424 e. The van der Waals surface area contributed by atoms with Crippen LogP contribution in [0.4, 0.5) is 0 Å². The zero-order chi connectivity index (χ0) is 11.7. The summed E-state index contributed by atoms with van der Waals surface area (Å²) in [6.45, 7) is 2.98. The van der Waals surface area contributed by atoms with Gasteiger partial charge in [0.2, 0.25) is 0 Å². The van der Waals surface area contributed by atoms with Crippen LogP contribution in [0.25, 0.3) is 10.9 Å². The molecule has 0 saturated carbocycles. The second-order valence-electron chi connectivity index (χ2n) is 3.40. The maximum Gasteiger partial charge on any atom is 0.308 e. The molecule has 0 aliphatic heterocycles. The number of H-pyrrole nitrogens is 1. The van der Waals surface area contributed by atoms with Gasteiger partial charge in [0.1, 0.15) is 11.3 Å². The summed E-state index contributed by atoms with van der Waals surface area (Å²) in [5.74, 6) is 0.350. The number of hydrogen-bond acceptors (Lipinski definition) is 4. The first kappa shape index (κ1) is 10.4. The minimum absolute atomic E-state index is 0.239. The van der Waals surface area contributed by atoms with Gasteiger partial charge in [-0.1, -0.05) is 6.07 Å². The molecule has 0 aliphatic rings. The molecule has 1 N–H and O–H groups in total. The number of para-hydroxylation sites is 1. The summed E-state index contributed by atoms with van der Waals surface area (Å²) < 4.78 is 4.98. The molecule has 0 saturated heterocycles. The first-order valence-corrected chi connectivity index (χ1v) is 4.76. The van der Waals surface area contributed by atoms with E-state index in [1.165, 1.54) is 6.92 Å². The largest absolute Gasteiger partial charge is 0.424 e. The van der Waals surface area contributed by atoms with Crippen molar-refractivity contribution in [2.45, 2.75) is 13.8 Å². The summed E-state index contributed by atoms with van der Waals surface area (Å²) in [5.41, 5.74) is 0.162. The molecule has 2 rings (SSSR count). The van der Waals surface area contributed by atoms with E-state index in [-0.39, 0.29) is 5.56 Å². The highest BCUT2D eigenvalue weighted by molar-refractivity contribution is 5.86. The van der Waals surface area contributed by atoms with Gasteiger partial charge in [-0.15, -0.1) is 0 Å². The fraction of sp³-hybridized carbons (Fsp3) is 0.182. The molecular weight excluding hydrogens is 208 g/mol. The molecule has 0 aliphatic carbocycles. The van der Waals surface area contributed by atoms with Crippen LogP contribution in [0.1, 0.15) is 12.7 Å². The summed E-state index contributed by atoms with van der Waals surface area (Å²) in [6.07, 6.45) is 0. The Hall–Kier alpha value is -2.17. The molecule has 0 fully saturated rings. The number of nitrogens with zero attached hydrogens (tertiary/aromatic N) is 1. The lowest BCUT2D eigenvalue weighted by atomic mass is 10.2. The van der Waals surface area contributed by atoms with Gasteiger partial charge in [0, 0.05) is 6.92 Å². The van der Waals surface area contributed by atoms with Gasteiger partial charge in [0.05, 0.1) is 5.39 Å². The molecule has 0 atom stereocenters. The maximum absolute atomic E-state index is 11.6. The number of aromatic nitrogens is 2. The van der Waals surface area contributed by atoms with Crippen molar-refractivity contribution in [1.29, 1.82) is 0 Å². The molecule has 1 heterocycles. The number of carbonyl (C=O) groups is 1. The number of carbonyl (C=O) groups excluding carboxylic acids is 1. The Bertz CT molecular complexity index is 616. The smallest absolute Gasteiger partial charge is 0.308 e. The van der Waals surface area contributed by atoms with Gasteiger partial charge in [-0.2, -0.15) is 0 Å². The van der Waals surface area contributed by atoms with Gasteiger partial charge in [0.25, 0.3) is 5.56 Å². The van der Waals surface area contributed by atoms with E-state index in [1.54, 1.807) is 25.1 Å². The summed E-state index contributed by atoms with van der Waals surface area (Å²) in [5, 5.41) is 0.407. The molecular formula is C11H10N2O3. The molecule has 2 aromatic rings. The van der Waals surface area contributed by atoms with Crippen molar-refractivity contribution >= 4 is 16.9 Å². The van der Waals surface area contributed by atoms with E-state index < -0.39 is 5.97 Å². The molecule has 0 bridgehead atoms. The fourth-order valence-electron chi connectivity index (χ4n) is 1.49. The summed E-state index contributed by atoms with van der Waals surface area (Å²) in [7, 11) is 0. The minimum atomic E-state index is -0.438. The Morgan fingerprint density at radius 1 is 1.44 bits per heavy atom. The van der Waals surface area contributed by atoms with E-state index in [1.807, 2.05) is 0 Å².